The molecule has 1 unspecified atom stereocenters. The van der Waals surface area contributed by atoms with E-state index in [9.17, 15) is 8.42 Å². The molecule has 3 aromatic carbocycles. The summed E-state index contributed by atoms with van der Waals surface area (Å²) in [5.41, 5.74) is 4.09. The van der Waals surface area contributed by atoms with Gasteiger partial charge in [0.2, 0.25) is 10.0 Å². The van der Waals surface area contributed by atoms with E-state index >= 15 is 0 Å². The molecule has 8 heteroatoms. The minimum absolute atomic E-state index is 0.0725. The van der Waals surface area contributed by atoms with Gasteiger partial charge < -0.3 is 10.1 Å². The maximum Gasteiger partial charge on any atom is 0.240 e. The average molecular weight is 489 g/mol. The summed E-state index contributed by atoms with van der Waals surface area (Å²) in [4.78, 5) is 0.237. The Morgan fingerprint density at radius 3 is 2.49 bits per heavy atom. The van der Waals surface area contributed by atoms with Crippen LogP contribution in [0.4, 0.5) is 11.5 Å². The predicted octanol–water partition coefficient (Wildman–Crippen LogP) is 5.11. The van der Waals surface area contributed by atoms with E-state index in [1.165, 1.54) is 5.56 Å². The Bertz CT molecular complexity index is 1460. The van der Waals surface area contributed by atoms with Crippen molar-refractivity contribution >= 4 is 32.3 Å². The van der Waals surface area contributed by atoms with Crippen LogP contribution in [-0.4, -0.2) is 37.9 Å². The third kappa shape index (κ3) is 5.05. The van der Waals surface area contributed by atoms with E-state index in [-0.39, 0.29) is 17.5 Å². The molecule has 1 aliphatic rings. The monoisotopic (exact) mass is 488 g/mol. The summed E-state index contributed by atoms with van der Waals surface area (Å²) in [5, 5.41) is 14.1. The maximum absolute atomic E-state index is 13.1. The normalized spacial score (nSPS) is 16.0. The van der Waals surface area contributed by atoms with Gasteiger partial charge in [-0.3, -0.25) is 0 Å². The summed E-state index contributed by atoms with van der Waals surface area (Å²) in [7, 11) is -3.71. The molecule has 1 aromatic heterocycles. The van der Waals surface area contributed by atoms with E-state index in [1.54, 1.807) is 13.0 Å². The highest BCUT2D eigenvalue weighted by Crippen LogP contribution is 2.32. The molecule has 0 spiro atoms. The van der Waals surface area contributed by atoms with E-state index in [0.29, 0.717) is 29.2 Å². The van der Waals surface area contributed by atoms with Gasteiger partial charge in [-0.25, -0.2) is 13.1 Å². The molecule has 180 valence electrons. The van der Waals surface area contributed by atoms with Gasteiger partial charge in [0, 0.05) is 35.2 Å². The van der Waals surface area contributed by atoms with Crippen LogP contribution in [0.15, 0.2) is 71.6 Å². The maximum atomic E-state index is 13.1. The highest BCUT2D eigenvalue weighted by Gasteiger charge is 2.23. The van der Waals surface area contributed by atoms with E-state index in [1.807, 2.05) is 67.6 Å². The topological polar surface area (TPSA) is 93.2 Å². The summed E-state index contributed by atoms with van der Waals surface area (Å²) >= 11 is 0. The molecule has 1 atom stereocenters. The van der Waals surface area contributed by atoms with Gasteiger partial charge in [0.25, 0.3) is 0 Å². The van der Waals surface area contributed by atoms with Crippen molar-refractivity contribution in [3.63, 3.8) is 0 Å². The van der Waals surface area contributed by atoms with E-state index in [4.69, 9.17) is 4.74 Å². The number of aryl methyl sites for hydroxylation is 2. The van der Waals surface area contributed by atoms with Crippen LogP contribution >= 0.6 is 0 Å². The molecule has 0 amide bonds. The van der Waals surface area contributed by atoms with Crippen LogP contribution in [-0.2, 0) is 14.8 Å². The zero-order valence-electron chi connectivity index (χ0n) is 19.8. The molecule has 2 heterocycles. The SMILES string of the molecule is Cc1ccc(Nc2nnc(-c3ccc(C)c(S(=O)(=O)NCC4CCCO4)c3)c3ccccc23)cc1. The third-order valence-corrected chi connectivity index (χ3v) is 7.84. The van der Waals surface area contributed by atoms with Crippen molar-refractivity contribution in [2.45, 2.75) is 37.7 Å². The zero-order chi connectivity index (χ0) is 24.4. The lowest BCUT2D eigenvalue weighted by Gasteiger charge is -2.15. The van der Waals surface area contributed by atoms with Gasteiger partial charge in [0.1, 0.15) is 5.69 Å². The quantitative estimate of drug-likeness (QED) is 0.375. The molecule has 7 nitrogen and oxygen atoms in total. The molecule has 0 bridgehead atoms. The molecular weight excluding hydrogens is 460 g/mol. The molecule has 5 rings (SSSR count). The second-order valence-corrected chi connectivity index (χ2v) is 10.6. The smallest absolute Gasteiger partial charge is 0.240 e. The number of ether oxygens (including phenoxy) is 1. The first-order valence-corrected chi connectivity index (χ1v) is 13.2. The number of nitrogens with one attached hydrogen (secondary N) is 2. The Kier molecular flexibility index (Phi) is 6.51. The highest BCUT2D eigenvalue weighted by molar-refractivity contribution is 7.89. The fraction of sp³-hybridized carbons (Fsp3) is 0.259. The first-order valence-electron chi connectivity index (χ1n) is 11.7. The third-order valence-electron chi connectivity index (χ3n) is 6.28. The summed E-state index contributed by atoms with van der Waals surface area (Å²) in [5.74, 6) is 0.645. The van der Waals surface area contributed by atoms with Crippen molar-refractivity contribution in [3.8, 4) is 11.3 Å². The minimum atomic E-state index is -3.71. The summed E-state index contributed by atoms with van der Waals surface area (Å²) in [6.07, 6.45) is 1.75. The van der Waals surface area contributed by atoms with Crippen LogP contribution in [0.2, 0.25) is 0 Å². The van der Waals surface area contributed by atoms with Crippen LogP contribution in [0, 0.1) is 13.8 Å². The van der Waals surface area contributed by atoms with Gasteiger partial charge in [-0.1, -0.05) is 54.1 Å². The van der Waals surface area contributed by atoms with Crippen LogP contribution in [0.25, 0.3) is 22.0 Å². The van der Waals surface area contributed by atoms with Crippen molar-refractivity contribution < 1.29 is 13.2 Å². The number of anilines is 2. The molecule has 2 N–H and O–H groups in total. The van der Waals surface area contributed by atoms with E-state index in [0.717, 1.165) is 29.3 Å². The first kappa shape index (κ1) is 23.4. The van der Waals surface area contributed by atoms with Gasteiger partial charge >= 0.3 is 0 Å². The minimum Gasteiger partial charge on any atom is -0.377 e. The van der Waals surface area contributed by atoms with E-state index < -0.39 is 10.0 Å². The van der Waals surface area contributed by atoms with Gasteiger partial charge in [-0.2, -0.15) is 0 Å². The number of benzene rings is 3. The van der Waals surface area contributed by atoms with Crippen molar-refractivity contribution in [1.82, 2.24) is 14.9 Å². The molecular formula is C27H28N4O3S. The lowest BCUT2D eigenvalue weighted by Crippen LogP contribution is -2.32. The number of hydrogen-bond donors (Lipinski definition) is 2. The first-order chi connectivity index (χ1) is 16.9. The lowest BCUT2D eigenvalue weighted by molar-refractivity contribution is 0.114. The molecule has 1 fully saturated rings. The Hall–Kier alpha value is -3.33. The largest absolute Gasteiger partial charge is 0.377 e. The fourth-order valence-corrected chi connectivity index (χ4v) is 5.64. The summed E-state index contributed by atoms with van der Waals surface area (Å²) < 4.78 is 34.5. The molecule has 0 radical (unpaired) electrons. The Balaban J connectivity index is 1.50. The number of fused-ring (bicyclic) bond motifs is 1. The van der Waals surface area contributed by atoms with E-state index in [2.05, 4.69) is 20.2 Å². The van der Waals surface area contributed by atoms with Crippen LogP contribution in [0.3, 0.4) is 0 Å². The second kappa shape index (κ2) is 9.73. The summed E-state index contributed by atoms with van der Waals surface area (Å²) in [6.45, 7) is 4.79. The zero-order valence-corrected chi connectivity index (χ0v) is 20.6. The van der Waals surface area contributed by atoms with Crippen LogP contribution in [0.1, 0.15) is 24.0 Å². The fourth-order valence-electron chi connectivity index (χ4n) is 4.31. The van der Waals surface area contributed by atoms with Crippen LogP contribution < -0.4 is 10.0 Å². The predicted molar refractivity (Wildman–Crippen MR) is 138 cm³/mol. The Labute approximate surface area is 205 Å². The Morgan fingerprint density at radius 2 is 1.74 bits per heavy atom. The number of hydrogen-bond acceptors (Lipinski definition) is 6. The molecule has 1 saturated heterocycles. The van der Waals surface area contributed by atoms with Crippen molar-refractivity contribution in [3.05, 3.63) is 77.9 Å². The number of nitrogens with zero attached hydrogens (tertiary/aromatic N) is 2. The van der Waals surface area contributed by atoms with Gasteiger partial charge in [-0.05, 0) is 50.5 Å². The molecule has 4 aromatic rings. The standard InChI is InChI=1S/C27H28N4O3S/c1-18-9-13-21(14-10-18)29-27-24-8-4-3-7-23(24)26(30-31-27)20-12-11-19(2)25(16-20)35(32,33)28-17-22-6-5-15-34-22/h3-4,7-14,16,22,28H,5-6,15,17H2,1-2H3,(H,29,31). The van der Waals surface area contributed by atoms with Crippen molar-refractivity contribution in [2.75, 3.05) is 18.5 Å². The van der Waals surface area contributed by atoms with Gasteiger partial charge in [0.15, 0.2) is 5.82 Å². The highest BCUT2D eigenvalue weighted by atomic mass is 32.2. The second-order valence-electron chi connectivity index (χ2n) is 8.90. The summed E-state index contributed by atoms with van der Waals surface area (Å²) in [6, 6.07) is 21.3. The number of rotatable bonds is 7. The molecule has 1 aliphatic heterocycles. The molecule has 0 saturated carbocycles. The molecule has 0 aliphatic carbocycles. The molecule has 35 heavy (non-hydrogen) atoms. The average Bonchev–Trinajstić information content (AvgIpc) is 3.39. The number of sulfonamides is 1. The van der Waals surface area contributed by atoms with Crippen molar-refractivity contribution in [1.29, 1.82) is 0 Å². The van der Waals surface area contributed by atoms with Gasteiger partial charge in [-0.15, -0.1) is 10.2 Å². The van der Waals surface area contributed by atoms with Crippen molar-refractivity contribution in [2.24, 2.45) is 0 Å². The lowest BCUT2D eigenvalue weighted by atomic mass is 10.0. The van der Waals surface area contributed by atoms with Crippen LogP contribution in [0.5, 0.6) is 0 Å². The Morgan fingerprint density at radius 1 is 0.971 bits per heavy atom. The van der Waals surface area contributed by atoms with Gasteiger partial charge in [0.05, 0.1) is 11.0 Å². The number of aromatic nitrogens is 2.